The van der Waals surface area contributed by atoms with Gasteiger partial charge >= 0.3 is 0 Å². The minimum absolute atomic E-state index is 0.00788. The Kier molecular flexibility index (Phi) is 7.08. The fourth-order valence-electron chi connectivity index (χ4n) is 10.9. The zero-order chi connectivity index (χ0) is 36.0. The summed E-state index contributed by atoms with van der Waals surface area (Å²) in [6.07, 6.45) is 11.9. The number of hydrogen-bond donors (Lipinski definition) is 0. The summed E-state index contributed by atoms with van der Waals surface area (Å²) >= 11 is 0. The van der Waals surface area contributed by atoms with Gasteiger partial charge in [-0.3, -0.25) is 0 Å². The molecule has 260 valence electrons. The van der Waals surface area contributed by atoms with Crippen molar-refractivity contribution >= 4 is 39.0 Å². The molecule has 2 nitrogen and oxygen atoms in total. The summed E-state index contributed by atoms with van der Waals surface area (Å²) in [5.74, 6) is 1.04. The van der Waals surface area contributed by atoms with Crippen LogP contribution in [0.3, 0.4) is 0 Å². The molecule has 0 bridgehead atoms. The number of anilines is 3. The molecular weight excluding hydrogens is 643 g/mol. The summed E-state index contributed by atoms with van der Waals surface area (Å²) in [5.41, 5.74) is 13.6. The predicted molar refractivity (Wildman–Crippen MR) is 222 cm³/mol. The lowest BCUT2D eigenvalue weighted by atomic mass is 9.69. The first-order chi connectivity index (χ1) is 25.7. The first kappa shape index (κ1) is 32.1. The van der Waals surface area contributed by atoms with E-state index in [9.17, 15) is 0 Å². The van der Waals surface area contributed by atoms with Crippen molar-refractivity contribution in [3.05, 3.63) is 175 Å². The van der Waals surface area contributed by atoms with E-state index in [0.717, 1.165) is 34.3 Å². The molecule has 0 N–H and O–H groups in total. The van der Waals surface area contributed by atoms with Crippen molar-refractivity contribution in [2.75, 3.05) is 4.90 Å². The summed E-state index contributed by atoms with van der Waals surface area (Å²) in [6.45, 7) is 9.96. The molecule has 7 aromatic rings. The Morgan fingerprint density at radius 3 is 1.92 bits per heavy atom. The van der Waals surface area contributed by atoms with E-state index in [4.69, 9.17) is 4.42 Å². The zero-order valence-electron chi connectivity index (χ0n) is 31.0. The molecule has 53 heavy (non-hydrogen) atoms. The number of benzene rings is 6. The van der Waals surface area contributed by atoms with Crippen molar-refractivity contribution in [2.45, 2.75) is 51.4 Å². The lowest BCUT2D eigenvalue weighted by molar-refractivity contribution is 0.285. The van der Waals surface area contributed by atoms with Crippen molar-refractivity contribution in [3.63, 3.8) is 0 Å². The van der Waals surface area contributed by atoms with Gasteiger partial charge in [0.05, 0.1) is 5.69 Å². The summed E-state index contributed by atoms with van der Waals surface area (Å²) in [5, 5.41) is 2.32. The van der Waals surface area contributed by atoms with Gasteiger partial charge in [0.2, 0.25) is 0 Å². The van der Waals surface area contributed by atoms with E-state index in [1.165, 1.54) is 45.3 Å². The molecule has 1 aromatic heterocycles. The van der Waals surface area contributed by atoms with E-state index in [0.29, 0.717) is 11.8 Å². The topological polar surface area (TPSA) is 16.4 Å². The number of fused-ring (bicyclic) bond motifs is 7. The number of allylic oxidation sites excluding steroid dienone is 4. The first-order valence-electron chi connectivity index (χ1n) is 19.2. The van der Waals surface area contributed by atoms with Gasteiger partial charge in [-0.2, -0.15) is 0 Å². The number of hydrogen-bond acceptors (Lipinski definition) is 2. The van der Waals surface area contributed by atoms with Crippen LogP contribution in [0.5, 0.6) is 0 Å². The highest BCUT2D eigenvalue weighted by Crippen LogP contribution is 2.68. The van der Waals surface area contributed by atoms with Gasteiger partial charge in [-0.15, -0.1) is 0 Å². The Hall–Kier alpha value is -5.60. The van der Waals surface area contributed by atoms with E-state index in [-0.39, 0.29) is 16.2 Å². The van der Waals surface area contributed by atoms with E-state index in [1.807, 2.05) is 6.07 Å². The summed E-state index contributed by atoms with van der Waals surface area (Å²) < 4.78 is 6.27. The van der Waals surface area contributed by atoms with Gasteiger partial charge in [0.15, 0.2) is 0 Å². The largest absolute Gasteiger partial charge is 0.456 e. The SMILES string of the molecule is CC1(C)CC2(CC(C)(C)C3C=CC=CC32)c2cccc(N(c3ccc(-c4ccccc4)cc3)c3ccc(-c4cccc5oc6ccccc6c45)cc3)c21. The van der Waals surface area contributed by atoms with E-state index in [2.05, 4.69) is 190 Å². The molecule has 3 unspecified atom stereocenters. The Balaban J connectivity index is 1.14. The lowest BCUT2D eigenvalue weighted by Crippen LogP contribution is -2.31. The van der Waals surface area contributed by atoms with Crippen LogP contribution < -0.4 is 4.90 Å². The molecule has 1 fully saturated rings. The van der Waals surface area contributed by atoms with Crippen molar-refractivity contribution in [1.82, 2.24) is 0 Å². The molecule has 0 saturated heterocycles. The van der Waals surface area contributed by atoms with Gasteiger partial charge in [0.25, 0.3) is 0 Å². The first-order valence-corrected chi connectivity index (χ1v) is 19.2. The normalized spacial score (nSPS) is 22.0. The molecular formula is C51H45NO. The predicted octanol–water partition coefficient (Wildman–Crippen LogP) is 14.1. The number of rotatable bonds is 5. The van der Waals surface area contributed by atoms with Gasteiger partial charge < -0.3 is 9.32 Å². The average Bonchev–Trinajstić information content (AvgIpc) is 3.76. The number of nitrogens with zero attached hydrogens (tertiary/aromatic N) is 1. The molecule has 1 heterocycles. The van der Waals surface area contributed by atoms with Gasteiger partial charge in [-0.05, 0) is 111 Å². The molecule has 6 aromatic carbocycles. The van der Waals surface area contributed by atoms with Crippen molar-refractivity contribution < 1.29 is 4.42 Å². The molecule has 10 rings (SSSR count). The minimum atomic E-state index is -0.00788. The van der Waals surface area contributed by atoms with Crippen LogP contribution in [0.15, 0.2) is 168 Å². The second kappa shape index (κ2) is 11.7. The molecule has 0 aliphatic heterocycles. The van der Waals surface area contributed by atoms with Crippen LogP contribution in [0.1, 0.15) is 51.7 Å². The molecule has 1 saturated carbocycles. The van der Waals surface area contributed by atoms with E-state index >= 15 is 0 Å². The van der Waals surface area contributed by atoms with E-state index in [1.54, 1.807) is 5.56 Å². The summed E-state index contributed by atoms with van der Waals surface area (Å²) in [7, 11) is 0. The lowest BCUT2D eigenvalue weighted by Gasteiger charge is -2.35. The van der Waals surface area contributed by atoms with Gasteiger partial charge in [0.1, 0.15) is 11.2 Å². The highest BCUT2D eigenvalue weighted by Gasteiger charge is 2.62. The molecule has 3 aliphatic rings. The fourth-order valence-corrected chi connectivity index (χ4v) is 10.9. The Morgan fingerprint density at radius 1 is 0.547 bits per heavy atom. The standard InChI is InChI=1S/C51H45NO/c1-49(2)32-51(42-19-10-9-18-41(42)49)33-50(3,4)48-43(51)20-13-21-44(48)52(37-28-24-35(25-29-37)34-14-6-5-7-15-34)38-30-26-36(27-31-38)39-17-12-23-46-47(39)40-16-8-11-22-45(40)53-46/h5-31,41-42H,32-33H2,1-4H3. The monoisotopic (exact) mass is 687 g/mol. The van der Waals surface area contributed by atoms with Gasteiger partial charge in [0, 0.05) is 27.6 Å². The molecule has 3 aliphatic carbocycles. The molecule has 2 heteroatoms. The van der Waals surface area contributed by atoms with E-state index < -0.39 is 0 Å². The fraction of sp³-hybridized carbons (Fsp3) is 0.216. The Morgan fingerprint density at radius 2 is 1.17 bits per heavy atom. The molecule has 0 radical (unpaired) electrons. The highest BCUT2D eigenvalue weighted by molar-refractivity contribution is 6.12. The maximum atomic E-state index is 6.27. The smallest absolute Gasteiger partial charge is 0.136 e. The van der Waals surface area contributed by atoms with Crippen molar-refractivity contribution in [2.24, 2.45) is 17.3 Å². The third kappa shape index (κ3) is 4.92. The van der Waals surface area contributed by atoms with Crippen molar-refractivity contribution in [3.8, 4) is 22.3 Å². The van der Waals surface area contributed by atoms with Crippen LogP contribution in [0.25, 0.3) is 44.2 Å². The second-order valence-electron chi connectivity index (χ2n) is 17.0. The molecule has 1 spiro atoms. The van der Waals surface area contributed by atoms with Crippen molar-refractivity contribution in [1.29, 1.82) is 0 Å². The maximum absolute atomic E-state index is 6.27. The highest BCUT2D eigenvalue weighted by atomic mass is 16.3. The quantitative estimate of drug-likeness (QED) is 0.179. The Labute approximate surface area is 313 Å². The average molecular weight is 688 g/mol. The van der Waals surface area contributed by atoms with Crippen LogP contribution in [0.2, 0.25) is 0 Å². The van der Waals surface area contributed by atoms with Crippen LogP contribution in [0, 0.1) is 17.3 Å². The van der Waals surface area contributed by atoms with Gasteiger partial charge in [-0.1, -0.05) is 149 Å². The maximum Gasteiger partial charge on any atom is 0.136 e. The number of furan rings is 1. The summed E-state index contributed by atoms with van der Waals surface area (Å²) in [4.78, 5) is 2.51. The Bertz CT molecular complexity index is 2570. The third-order valence-electron chi connectivity index (χ3n) is 12.8. The third-order valence-corrected chi connectivity index (χ3v) is 12.8. The van der Waals surface area contributed by atoms with Gasteiger partial charge in [-0.25, -0.2) is 0 Å². The molecule has 3 atom stereocenters. The second-order valence-corrected chi connectivity index (χ2v) is 17.0. The van der Waals surface area contributed by atoms with Crippen LogP contribution in [-0.2, 0) is 10.8 Å². The number of para-hydroxylation sites is 1. The summed E-state index contributed by atoms with van der Waals surface area (Å²) in [6, 6.07) is 50.9. The zero-order valence-corrected chi connectivity index (χ0v) is 31.0. The van der Waals surface area contributed by atoms with Crippen LogP contribution in [0.4, 0.5) is 17.1 Å². The van der Waals surface area contributed by atoms with Crippen LogP contribution >= 0.6 is 0 Å². The van der Waals surface area contributed by atoms with Crippen LogP contribution in [-0.4, -0.2) is 0 Å². The molecule has 0 amide bonds. The minimum Gasteiger partial charge on any atom is -0.456 e.